The first-order chi connectivity index (χ1) is 18.2. The maximum atomic E-state index is 14.5. The molecule has 3 aromatic rings. The quantitative estimate of drug-likeness (QED) is 0.328. The van der Waals surface area contributed by atoms with Gasteiger partial charge in [-0.15, -0.1) is 0 Å². The minimum Gasteiger partial charge on any atom is -0.493 e. The third-order valence-corrected chi connectivity index (χ3v) is 7.04. The Bertz CT molecular complexity index is 1440. The molecule has 1 N–H and O–H groups in total. The van der Waals surface area contributed by atoms with E-state index in [9.17, 15) is 17.6 Å². The first-order valence-electron chi connectivity index (χ1n) is 12.8. The van der Waals surface area contributed by atoms with Crippen molar-refractivity contribution in [1.29, 1.82) is 0 Å². The highest BCUT2D eigenvalue weighted by molar-refractivity contribution is 7.90. The summed E-state index contributed by atoms with van der Waals surface area (Å²) in [4.78, 5) is 21.8. The molecule has 1 unspecified atom stereocenters. The molecule has 3 rings (SSSR count). The van der Waals surface area contributed by atoms with Gasteiger partial charge in [-0.25, -0.2) is 19.1 Å². The fraction of sp³-hybridized carbons (Fsp3) is 0.414. The number of benzene rings is 1. The van der Waals surface area contributed by atoms with Crippen molar-refractivity contribution in [3.8, 4) is 22.9 Å². The smallest absolute Gasteiger partial charge is 0.281 e. The number of aryl methyl sites for hydroxylation is 1. The summed E-state index contributed by atoms with van der Waals surface area (Å²) in [6.07, 6.45) is 0.258. The van der Waals surface area contributed by atoms with Crippen molar-refractivity contribution in [2.24, 2.45) is 11.3 Å². The molecule has 0 radical (unpaired) electrons. The van der Waals surface area contributed by atoms with Crippen LogP contribution in [0.2, 0.25) is 0 Å². The van der Waals surface area contributed by atoms with Gasteiger partial charge in [0.25, 0.3) is 15.9 Å². The van der Waals surface area contributed by atoms with Crippen LogP contribution < -0.4 is 14.2 Å². The lowest BCUT2D eigenvalue weighted by atomic mass is 9.87. The Morgan fingerprint density at radius 3 is 2.41 bits per heavy atom. The number of sulfonamides is 1. The van der Waals surface area contributed by atoms with Crippen LogP contribution in [-0.4, -0.2) is 37.0 Å². The third kappa shape index (κ3) is 7.98. The Hall–Kier alpha value is -3.53. The zero-order valence-electron chi connectivity index (χ0n) is 23.4. The molecule has 0 spiro atoms. The zero-order chi connectivity index (χ0) is 29.0. The second-order valence-electron chi connectivity index (χ2n) is 10.9. The van der Waals surface area contributed by atoms with Crippen LogP contribution in [0.5, 0.6) is 11.6 Å². The molecule has 0 saturated carbocycles. The van der Waals surface area contributed by atoms with Crippen LogP contribution >= 0.6 is 0 Å². The van der Waals surface area contributed by atoms with Crippen LogP contribution in [-0.2, 0) is 10.0 Å². The molecule has 8 nitrogen and oxygen atoms in total. The number of nitrogens with zero attached hydrogens (tertiary/aromatic N) is 2. The number of pyridine rings is 2. The Kier molecular flexibility index (Phi) is 9.32. The van der Waals surface area contributed by atoms with E-state index >= 15 is 0 Å². The molecular formula is C29H36FN3O5S. The van der Waals surface area contributed by atoms with E-state index in [2.05, 4.69) is 14.7 Å². The summed E-state index contributed by atoms with van der Waals surface area (Å²) in [6.45, 7) is 14.0. The van der Waals surface area contributed by atoms with Gasteiger partial charge in [-0.1, -0.05) is 47.6 Å². The van der Waals surface area contributed by atoms with Gasteiger partial charge >= 0.3 is 0 Å². The largest absolute Gasteiger partial charge is 0.493 e. The average Bonchev–Trinajstić information content (AvgIpc) is 2.84. The maximum Gasteiger partial charge on any atom is 0.281 e. The number of hydrogen-bond acceptors (Lipinski definition) is 7. The summed E-state index contributed by atoms with van der Waals surface area (Å²) in [5, 5.41) is -0.280. The molecule has 0 fully saturated rings. The van der Waals surface area contributed by atoms with Crippen LogP contribution in [0.4, 0.5) is 4.39 Å². The Balaban J connectivity index is 2.04. The standard InChI is InChI=1S/C29H36FN3O5S/c1-8-25(29(5,6)7)38-28-23(27(34)33-39(35,36)26-11-9-10-19(4)31-26)12-13-24(32-28)20-14-21(30)16-22(15-20)37-17-18(2)3/h9-16,18,25H,8,17H2,1-7H3,(H,33,34). The number of nitrogens with one attached hydrogen (secondary N) is 1. The predicted molar refractivity (Wildman–Crippen MR) is 148 cm³/mol. The highest BCUT2D eigenvalue weighted by Gasteiger charge is 2.29. The van der Waals surface area contributed by atoms with E-state index in [0.717, 1.165) is 0 Å². The number of carbonyl (C=O) groups excluding carboxylic acids is 1. The molecule has 0 aliphatic carbocycles. The predicted octanol–water partition coefficient (Wildman–Crippen LogP) is 5.95. The Morgan fingerprint density at radius 2 is 1.79 bits per heavy atom. The van der Waals surface area contributed by atoms with E-state index < -0.39 is 21.7 Å². The van der Waals surface area contributed by atoms with Crippen molar-refractivity contribution in [3.05, 3.63) is 65.6 Å². The van der Waals surface area contributed by atoms with E-state index in [1.807, 2.05) is 41.5 Å². The lowest BCUT2D eigenvalue weighted by Crippen LogP contribution is -2.34. The van der Waals surface area contributed by atoms with Crippen molar-refractivity contribution < 1.29 is 27.1 Å². The molecule has 39 heavy (non-hydrogen) atoms. The lowest BCUT2D eigenvalue weighted by Gasteiger charge is -2.30. The number of carbonyl (C=O) groups is 1. The molecule has 0 bridgehead atoms. The van der Waals surface area contributed by atoms with Crippen LogP contribution in [0.15, 0.2) is 53.6 Å². The van der Waals surface area contributed by atoms with Gasteiger partial charge in [0.2, 0.25) is 5.88 Å². The van der Waals surface area contributed by atoms with E-state index in [1.54, 1.807) is 25.1 Å². The number of rotatable bonds is 10. The number of hydrogen-bond donors (Lipinski definition) is 1. The van der Waals surface area contributed by atoms with Gasteiger partial charge in [-0.05, 0) is 61.1 Å². The summed E-state index contributed by atoms with van der Waals surface area (Å²) in [6, 6.07) is 11.7. The fourth-order valence-electron chi connectivity index (χ4n) is 3.82. The van der Waals surface area contributed by atoms with Crippen LogP contribution in [0.1, 0.15) is 64.0 Å². The summed E-state index contributed by atoms with van der Waals surface area (Å²) >= 11 is 0. The molecular weight excluding hydrogens is 521 g/mol. The van der Waals surface area contributed by atoms with Gasteiger partial charge in [-0.3, -0.25) is 4.79 Å². The Labute approximate surface area is 230 Å². The summed E-state index contributed by atoms with van der Waals surface area (Å²) < 4.78 is 54.2. The first kappa shape index (κ1) is 30.0. The summed E-state index contributed by atoms with van der Waals surface area (Å²) in [5.41, 5.74) is 0.857. The number of ether oxygens (including phenoxy) is 2. The van der Waals surface area contributed by atoms with Gasteiger partial charge in [0, 0.05) is 17.3 Å². The maximum absolute atomic E-state index is 14.5. The van der Waals surface area contributed by atoms with Crippen LogP contribution in [0, 0.1) is 24.1 Å². The third-order valence-electron chi connectivity index (χ3n) is 5.81. The molecule has 1 atom stereocenters. The monoisotopic (exact) mass is 557 g/mol. The molecule has 2 heterocycles. The van der Waals surface area contributed by atoms with Crippen LogP contribution in [0.25, 0.3) is 11.3 Å². The van der Waals surface area contributed by atoms with E-state index in [0.29, 0.717) is 35.7 Å². The highest BCUT2D eigenvalue weighted by atomic mass is 32.2. The van der Waals surface area contributed by atoms with E-state index in [-0.39, 0.29) is 33.9 Å². The second-order valence-corrected chi connectivity index (χ2v) is 12.5. The molecule has 210 valence electrons. The van der Waals surface area contributed by atoms with E-state index in [4.69, 9.17) is 9.47 Å². The van der Waals surface area contributed by atoms with Gasteiger partial charge in [0.1, 0.15) is 23.2 Å². The number of halogens is 1. The number of aromatic nitrogens is 2. The van der Waals surface area contributed by atoms with Crippen molar-refractivity contribution in [3.63, 3.8) is 0 Å². The topological polar surface area (TPSA) is 107 Å². The van der Waals surface area contributed by atoms with Gasteiger partial charge in [0.05, 0.1) is 12.3 Å². The second kappa shape index (κ2) is 12.1. The summed E-state index contributed by atoms with van der Waals surface area (Å²) in [7, 11) is -4.26. The normalized spacial score (nSPS) is 12.7. The molecule has 0 aliphatic heterocycles. The van der Waals surface area contributed by atoms with Gasteiger partial charge in [0.15, 0.2) is 5.03 Å². The van der Waals surface area contributed by atoms with Gasteiger partial charge in [-0.2, -0.15) is 8.42 Å². The zero-order valence-corrected chi connectivity index (χ0v) is 24.2. The molecule has 2 aromatic heterocycles. The summed E-state index contributed by atoms with van der Waals surface area (Å²) in [5.74, 6) is -0.885. The van der Waals surface area contributed by atoms with E-state index in [1.165, 1.54) is 30.3 Å². The highest BCUT2D eigenvalue weighted by Crippen LogP contribution is 2.32. The molecule has 10 heteroatoms. The lowest BCUT2D eigenvalue weighted by molar-refractivity contribution is 0.0757. The fourth-order valence-corrected chi connectivity index (χ4v) is 4.81. The minimum absolute atomic E-state index is 0.0620. The average molecular weight is 558 g/mol. The molecule has 1 aromatic carbocycles. The van der Waals surface area contributed by atoms with Crippen molar-refractivity contribution in [2.45, 2.75) is 66.0 Å². The Morgan fingerprint density at radius 1 is 1.08 bits per heavy atom. The van der Waals surface area contributed by atoms with Gasteiger partial charge < -0.3 is 9.47 Å². The SMILES string of the molecule is CCC(Oc1nc(-c2cc(F)cc(OCC(C)C)c2)ccc1C(=O)NS(=O)(=O)c1cccc(C)n1)C(C)(C)C. The van der Waals surface area contributed by atoms with Crippen molar-refractivity contribution in [2.75, 3.05) is 6.61 Å². The van der Waals surface area contributed by atoms with Crippen molar-refractivity contribution >= 4 is 15.9 Å². The number of amides is 1. The first-order valence-corrected chi connectivity index (χ1v) is 14.3. The van der Waals surface area contributed by atoms with Crippen molar-refractivity contribution in [1.82, 2.24) is 14.7 Å². The van der Waals surface area contributed by atoms with Crippen LogP contribution in [0.3, 0.4) is 0 Å². The molecule has 0 saturated heterocycles. The minimum atomic E-state index is -4.26. The molecule has 0 aliphatic rings. The molecule has 1 amide bonds.